The van der Waals surface area contributed by atoms with Gasteiger partial charge in [0.2, 0.25) is 0 Å². The molecule has 0 aliphatic rings. The quantitative estimate of drug-likeness (QED) is 0.586. The predicted octanol–water partition coefficient (Wildman–Crippen LogP) is -0.293. The zero-order chi connectivity index (χ0) is 6.57. The zero-order valence-corrected chi connectivity index (χ0v) is 6.15. The molecule has 0 radical (unpaired) electrons. The number of aliphatic hydroxyl groups excluding tert-OH is 1. The van der Waals surface area contributed by atoms with Crippen molar-refractivity contribution in [2.75, 3.05) is 6.54 Å². The molecule has 1 unspecified atom stereocenters. The second-order valence-corrected chi connectivity index (χ2v) is 1.57. The van der Waals surface area contributed by atoms with Crippen molar-refractivity contribution in [1.29, 1.82) is 0 Å². The lowest BCUT2D eigenvalue weighted by Gasteiger charge is -2.01. The Morgan fingerprint density at radius 3 is 2.33 bits per heavy atom. The summed E-state index contributed by atoms with van der Waals surface area (Å²) in [4.78, 5) is 10.4. The second-order valence-electron chi connectivity index (χ2n) is 1.57. The summed E-state index contributed by atoms with van der Waals surface area (Å²) in [5.74, 6) is -0.187. The lowest BCUT2D eigenvalue weighted by Crippen LogP contribution is -2.28. The Morgan fingerprint density at radius 2 is 2.22 bits per heavy atom. The van der Waals surface area contributed by atoms with Gasteiger partial charge in [-0.3, -0.25) is 4.79 Å². The molecule has 0 heterocycles. The zero-order valence-electron chi connectivity index (χ0n) is 5.33. The molecule has 1 atom stereocenters. The molecular formula is C5H12ClNO2. The number of carbonyl (C=O) groups excluding carboxylic acids is 1. The van der Waals surface area contributed by atoms with Gasteiger partial charge in [-0.15, -0.1) is 12.4 Å². The molecular weight excluding hydrogens is 142 g/mol. The average Bonchev–Trinajstić information content (AvgIpc) is 1.84. The van der Waals surface area contributed by atoms with Crippen LogP contribution >= 0.6 is 12.4 Å². The van der Waals surface area contributed by atoms with Crippen LogP contribution in [0.15, 0.2) is 0 Å². The minimum absolute atomic E-state index is 0. The highest BCUT2D eigenvalue weighted by Gasteiger charge is 2.08. The Bertz CT molecular complexity index is 87.0. The molecule has 0 aromatic heterocycles. The summed E-state index contributed by atoms with van der Waals surface area (Å²) in [6.45, 7) is 1.73. The van der Waals surface area contributed by atoms with Crippen molar-refractivity contribution in [3.63, 3.8) is 0 Å². The highest BCUT2D eigenvalue weighted by atomic mass is 35.5. The van der Waals surface area contributed by atoms with Crippen LogP contribution in [0.25, 0.3) is 0 Å². The van der Waals surface area contributed by atoms with Gasteiger partial charge in [0.05, 0.1) is 0 Å². The van der Waals surface area contributed by atoms with Gasteiger partial charge in [0, 0.05) is 13.0 Å². The molecule has 3 N–H and O–H groups in total. The van der Waals surface area contributed by atoms with Crippen LogP contribution in [0, 0.1) is 0 Å². The summed E-state index contributed by atoms with van der Waals surface area (Å²) < 4.78 is 0. The maximum Gasteiger partial charge on any atom is 0.162 e. The van der Waals surface area contributed by atoms with E-state index >= 15 is 0 Å². The van der Waals surface area contributed by atoms with Crippen LogP contribution in [0.3, 0.4) is 0 Å². The van der Waals surface area contributed by atoms with Gasteiger partial charge >= 0.3 is 0 Å². The van der Waals surface area contributed by atoms with Crippen molar-refractivity contribution in [1.82, 2.24) is 0 Å². The molecule has 4 heteroatoms. The van der Waals surface area contributed by atoms with Crippen molar-refractivity contribution in [2.45, 2.75) is 19.4 Å². The molecule has 0 fully saturated rings. The fourth-order valence-electron chi connectivity index (χ4n) is 0.367. The lowest BCUT2D eigenvalue weighted by atomic mass is 10.2. The van der Waals surface area contributed by atoms with Crippen LogP contribution < -0.4 is 5.73 Å². The number of carbonyl (C=O) groups is 1. The standard InChI is InChI=1S/C5H11NO2.ClH/c1-2-4(7)5(8)3-6;/h5,8H,2-3,6H2,1H3;1H. The number of nitrogens with two attached hydrogens (primary N) is 1. The molecule has 0 amide bonds. The van der Waals surface area contributed by atoms with Crippen LogP contribution in [0.2, 0.25) is 0 Å². The van der Waals surface area contributed by atoms with E-state index in [9.17, 15) is 4.79 Å². The average molecular weight is 154 g/mol. The molecule has 3 nitrogen and oxygen atoms in total. The summed E-state index contributed by atoms with van der Waals surface area (Å²) in [6, 6.07) is 0. The maximum absolute atomic E-state index is 10.4. The van der Waals surface area contributed by atoms with E-state index in [1.807, 2.05) is 0 Å². The van der Waals surface area contributed by atoms with Crippen molar-refractivity contribution >= 4 is 18.2 Å². The van der Waals surface area contributed by atoms with Crippen molar-refractivity contribution in [2.24, 2.45) is 5.73 Å². The normalized spacial score (nSPS) is 11.9. The molecule has 0 spiro atoms. The van der Waals surface area contributed by atoms with E-state index in [4.69, 9.17) is 10.8 Å². The number of aliphatic hydroxyl groups is 1. The Kier molecular flexibility index (Phi) is 7.77. The van der Waals surface area contributed by atoms with E-state index in [0.717, 1.165) is 0 Å². The largest absolute Gasteiger partial charge is 0.384 e. The third kappa shape index (κ3) is 4.39. The van der Waals surface area contributed by atoms with Crippen molar-refractivity contribution in [3.05, 3.63) is 0 Å². The predicted molar refractivity (Wildman–Crippen MR) is 37.6 cm³/mol. The first kappa shape index (κ1) is 11.6. The molecule has 0 rings (SSSR count). The first-order valence-electron chi connectivity index (χ1n) is 2.63. The van der Waals surface area contributed by atoms with Crippen LogP contribution in [0.1, 0.15) is 13.3 Å². The Balaban J connectivity index is 0. The SMILES string of the molecule is CCC(=O)C(O)CN.Cl. The van der Waals surface area contributed by atoms with E-state index in [1.54, 1.807) is 6.92 Å². The van der Waals surface area contributed by atoms with Gasteiger partial charge in [-0.25, -0.2) is 0 Å². The molecule has 0 aromatic carbocycles. The van der Waals surface area contributed by atoms with Crippen LogP contribution in [0.5, 0.6) is 0 Å². The Hall–Kier alpha value is -0.120. The third-order valence-electron chi connectivity index (χ3n) is 0.943. The monoisotopic (exact) mass is 153 g/mol. The maximum atomic E-state index is 10.4. The Labute approximate surface area is 60.6 Å². The number of Topliss-reactive ketones (excluding diaryl/α,β-unsaturated/α-hetero) is 1. The van der Waals surface area contributed by atoms with Crippen LogP contribution in [-0.4, -0.2) is 23.5 Å². The number of hydrogen-bond donors (Lipinski definition) is 2. The van der Waals surface area contributed by atoms with E-state index in [-0.39, 0.29) is 24.7 Å². The third-order valence-corrected chi connectivity index (χ3v) is 0.943. The number of rotatable bonds is 3. The number of hydrogen-bond acceptors (Lipinski definition) is 3. The molecule has 0 aromatic rings. The van der Waals surface area contributed by atoms with Crippen molar-refractivity contribution < 1.29 is 9.90 Å². The molecule has 56 valence electrons. The summed E-state index contributed by atoms with van der Waals surface area (Å²) in [5.41, 5.74) is 4.98. The van der Waals surface area contributed by atoms with E-state index in [2.05, 4.69) is 0 Å². The van der Waals surface area contributed by atoms with Gasteiger partial charge in [-0.1, -0.05) is 6.92 Å². The van der Waals surface area contributed by atoms with Crippen LogP contribution in [0.4, 0.5) is 0 Å². The highest BCUT2D eigenvalue weighted by molar-refractivity contribution is 5.85. The Morgan fingerprint density at radius 1 is 1.78 bits per heavy atom. The smallest absolute Gasteiger partial charge is 0.162 e. The topological polar surface area (TPSA) is 63.3 Å². The van der Waals surface area contributed by atoms with E-state index < -0.39 is 6.10 Å². The van der Waals surface area contributed by atoms with Gasteiger partial charge in [0.25, 0.3) is 0 Å². The molecule has 9 heavy (non-hydrogen) atoms. The second kappa shape index (κ2) is 6.01. The van der Waals surface area contributed by atoms with Gasteiger partial charge in [0.1, 0.15) is 6.10 Å². The minimum atomic E-state index is -0.944. The van der Waals surface area contributed by atoms with Gasteiger partial charge in [0.15, 0.2) is 5.78 Å². The molecule has 0 aliphatic heterocycles. The summed E-state index contributed by atoms with van der Waals surface area (Å²) in [6.07, 6.45) is -0.585. The fraction of sp³-hybridized carbons (Fsp3) is 0.800. The number of ketones is 1. The van der Waals surface area contributed by atoms with Gasteiger partial charge in [-0.05, 0) is 0 Å². The van der Waals surface area contributed by atoms with Crippen molar-refractivity contribution in [3.8, 4) is 0 Å². The van der Waals surface area contributed by atoms with Gasteiger partial charge in [-0.2, -0.15) is 0 Å². The fourth-order valence-corrected chi connectivity index (χ4v) is 0.367. The number of halogens is 1. The molecule has 0 aliphatic carbocycles. The first-order valence-corrected chi connectivity index (χ1v) is 2.63. The summed E-state index contributed by atoms with van der Waals surface area (Å²) in [5, 5.41) is 8.65. The highest BCUT2D eigenvalue weighted by Crippen LogP contribution is 1.86. The molecule has 0 bridgehead atoms. The van der Waals surface area contributed by atoms with E-state index in [1.165, 1.54) is 0 Å². The summed E-state index contributed by atoms with van der Waals surface area (Å²) in [7, 11) is 0. The minimum Gasteiger partial charge on any atom is -0.384 e. The summed E-state index contributed by atoms with van der Waals surface area (Å²) >= 11 is 0. The van der Waals surface area contributed by atoms with E-state index in [0.29, 0.717) is 6.42 Å². The van der Waals surface area contributed by atoms with Crippen LogP contribution in [-0.2, 0) is 4.79 Å². The first-order chi connectivity index (χ1) is 3.72. The lowest BCUT2D eigenvalue weighted by molar-refractivity contribution is -0.126. The molecule has 0 saturated carbocycles. The molecule has 0 saturated heterocycles. The van der Waals surface area contributed by atoms with Gasteiger partial charge < -0.3 is 10.8 Å².